The van der Waals surface area contributed by atoms with Crippen LogP contribution in [0.1, 0.15) is 0 Å². The molecule has 0 unspecified atom stereocenters. The third kappa shape index (κ3) is 6.21. The number of nitrogens with zero attached hydrogens (tertiary/aromatic N) is 1. The lowest BCUT2D eigenvalue weighted by molar-refractivity contribution is 1.28. The van der Waals surface area contributed by atoms with Crippen LogP contribution in [-0.4, -0.2) is 0 Å². The highest BCUT2D eigenvalue weighted by atomic mass is 15.1. The summed E-state index contributed by atoms with van der Waals surface area (Å²) in [6.45, 7) is 0. The second-order valence-corrected chi connectivity index (χ2v) is 15.3. The van der Waals surface area contributed by atoms with Gasteiger partial charge in [-0.25, -0.2) is 0 Å². The van der Waals surface area contributed by atoms with Crippen molar-refractivity contribution in [1.82, 2.24) is 0 Å². The molecule has 1 heteroatoms. The molecule has 0 aliphatic rings. The van der Waals surface area contributed by atoms with E-state index in [0.29, 0.717) is 0 Å². The summed E-state index contributed by atoms with van der Waals surface area (Å²) >= 11 is 0. The molecule has 276 valence electrons. The molecule has 1 nitrogen and oxygen atoms in total. The summed E-state index contributed by atoms with van der Waals surface area (Å²) < 4.78 is 0. The van der Waals surface area contributed by atoms with E-state index >= 15 is 0 Å². The first kappa shape index (κ1) is 34.5. The van der Waals surface area contributed by atoms with Crippen LogP contribution in [0.15, 0.2) is 237 Å². The van der Waals surface area contributed by atoms with E-state index in [1.165, 1.54) is 87.6 Å². The highest BCUT2D eigenvalue weighted by Gasteiger charge is 2.18. The van der Waals surface area contributed by atoms with Crippen molar-refractivity contribution in [3.8, 4) is 44.5 Å². The predicted octanol–water partition coefficient (Wildman–Crippen LogP) is 16.4. The molecule has 0 amide bonds. The summed E-state index contributed by atoms with van der Waals surface area (Å²) in [7, 11) is 0. The molecule has 0 spiro atoms. The first-order valence-corrected chi connectivity index (χ1v) is 20.3. The van der Waals surface area contributed by atoms with Crippen molar-refractivity contribution in [2.45, 2.75) is 0 Å². The molecule has 0 saturated heterocycles. The Morgan fingerprint density at radius 2 is 0.593 bits per heavy atom. The lowest BCUT2D eigenvalue weighted by atomic mass is 9.92. The van der Waals surface area contributed by atoms with E-state index in [4.69, 9.17) is 0 Å². The van der Waals surface area contributed by atoms with E-state index in [1.54, 1.807) is 0 Å². The van der Waals surface area contributed by atoms with Crippen molar-refractivity contribution in [2.75, 3.05) is 4.90 Å². The third-order valence-electron chi connectivity index (χ3n) is 11.8. The summed E-state index contributed by atoms with van der Waals surface area (Å²) in [5, 5.41) is 10.1. The quantitative estimate of drug-likeness (QED) is 0.147. The summed E-state index contributed by atoms with van der Waals surface area (Å²) in [4.78, 5) is 2.41. The number of hydrogen-bond donors (Lipinski definition) is 0. The molecule has 0 aromatic heterocycles. The fraction of sp³-hybridized carbons (Fsp3) is 0. The maximum absolute atomic E-state index is 2.41. The van der Waals surface area contributed by atoms with Crippen molar-refractivity contribution >= 4 is 60.2 Å². The van der Waals surface area contributed by atoms with Gasteiger partial charge in [0.2, 0.25) is 0 Å². The second-order valence-electron chi connectivity index (χ2n) is 15.3. The Morgan fingerprint density at radius 3 is 1.10 bits per heavy atom. The van der Waals surface area contributed by atoms with Crippen LogP contribution in [0.2, 0.25) is 0 Å². The number of fused-ring (bicyclic) bond motifs is 6. The minimum absolute atomic E-state index is 1.09. The Hall–Kier alpha value is -7.74. The van der Waals surface area contributed by atoms with Crippen molar-refractivity contribution in [3.63, 3.8) is 0 Å². The van der Waals surface area contributed by atoms with E-state index in [2.05, 4.69) is 241 Å². The average Bonchev–Trinajstić information content (AvgIpc) is 3.32. The largest absolute Gasteiger partial charge is 0.310 e. The smallest absolute Gasteiger partial charge is 0.0467 e. The summed E-state index contributed by atoms with van der Waals surface area (Å²) in [6, 6.07) is 86.3. The zero-order valence-electron chi connectivity index (χ0n) is 32.5. The Morgan fingerprint density at radius 1 is 0.203 bits per heavy atom. The average molecular weight is 750 g/mol. The summed E-state index contributed by atoms with van der Waals surface area (Å²) in [5.74, 6) is 0. The number of rotatable bonds is 7. The van der Waals surface area contributed by atoms with Crippen LogP contribution < -0.4 is 4.90 Å². The zero-order chi connectivity index (χ0) is 39.1. The molecule has 0 fully saturated rings. The third-order valence-corrected chi connectivity index (χ3v) is 11.8. The molecular formula is C58H39N. The Kier molecular flexibility index (Phi) is 8.56. The van der Waals surface area contributed by atoms with Gasteiger partial charge in [-0.15, -0.1) is 0 Å². The predicted molar refractivity (Wildman–Crippen MR) is 253 cm³/mol. The number of benzene rings is 11. The zero-order valence-corrected chi connectivity index (χ0v) is 32.5. The lowest BCUT2D eigenvalue weighted by Crippen LogP contribution is -2.10. The van der Waals surface area contributed by atoms with Gasteiger partial charge in [0, 0.05) is 17.1 Å². The molecule has 11 aromatic rings. The highest BCUT2D eigenvalue weighted by Crippen LogP contribution is 2.43. The molecule has 59 heavy (non-hydrogen) atoms. The van der Waals surface area contributed by atoms with Gasteiger partial charge in [0.1, 0.15) is 0 Å². The van der Waals surface area contributed by atoms with Crippen LogP contribution in [0.3, 0.4) is 0 Å². The topological polar surface area (TPSA) is 3.24 Å². The second kappa shape index (κ2) is 14.6. The fourth-order valence-corrected chi connectivity index (χ4v) is 9.05. The monoisotopic (exact) mass is 749 g/mol. The molecule has 0 aliphatic carbocycles. The van der Waals surface area contributed by atoms with Gasteiger partial charge in [0.05, 0.1) is 0 Å². The molecule has 0 saturated carbocycles. The van der Waals surface area contributed by atoms with Gasteiger partial charge in [0.15, 0.2) is 0 Å². The van der Waals surface area contributed by atoms with Gasteiger partial charge in [-0.2, -0.15) is 0 Å². The van der Waals surface area contributed by atoms with E-state index in [-0.39, 0.29) is 0 Å². The Bertz CT molecular complexity index is 3160. The van der Waals surface area contributed by atoms with E-state index in [0.717, 1.165) is 17.1 Å². The minimum atomic E-state index is 1.09. The summed E-state index contributed by atoms with van der Waals surface area (Å²) in [5.41, 5.74) is 12.9. The maximum Gasteiger partial charge on any atom is 0.0467 e. The Labute approximate surface area is 344 Å². The van der Waals surface area contributed by atoms with E-state index in [1.807, 2.05) is 0 Å². The van der Waals surface area contributed by atoms with Crippen LogP contribution in [-0.2, 0) is 0 Å². The molecule has 0 heterocycles. The van der Waals surface area contributed by atoms with Crippen molar-refractivity contribution in [3.05, 3.63) is 237 Å². The molecule has 0 bridgehead atoms. The van der Waals surface area contributed by atoms with Crippen LogP contribution in [0.25, 0.3) is 87.6 Å². The first-order valence-electron chi connectivity index (χ1n) is 20.3. The van der Waals surface area contributed by atoms with Gasteiger partial charge in [-0.3, -0.25) is 0 Å². The Balaban J connectivity index is 1.09. The summed E-state index contributed by atoms with van der Waals surface area (Å²) in [6.07, 6.45) is 0. The van der Waals surface area contributed by atoms with Crippen LogP contribution in [0.5, 0.6) is 0 Å². The van der Waals surface area contributed by atoms with Crippen LogP contribution in [0.4, 0.5) is 17.1 Å². The molecule has 0 aliphatic heterocycles. The standard InChI is InChI=1S/C58H39N/c1-2-16-40(17-3-1)49-24-8-9-25-50(49)41-32-34-46(35-33-41)59(47-22-14-20-42(36-47)57-38-44-18-4-6-26-51(44)53-28-10-12-30-55(53)57)48-23-15-21-43(37-48)58-39-45-19-5-7-27-52(45)54-29-11-13-31-56(54)58/h1-39H. The van der Waals surface area contributed by atoms with Crippen molar-refractivity contribution in [2.24, 2.45) is 0 Å². The van der Waals surface area contributed by atoms with Gasteiger partial charge in [0.25, 0.3) is 0 Å². The normalized spacial score (nSPS) is 11.4. The van der Waals surface area contributed by atoms with Gasteiger partial charge in [-0.05, 0) is 136 Å². The molecule has 0 N–H and O–H groups in total. The number of anilines is 3. The minimum Gasteiger partial charge on any atom is -0.310 e. The van der Waals surface area contributed by atoms with Crippen molar-refractivity contribution in [1.29, 1.82) is 0 Å². The molecular weight excluding hydrogens is 711 g/mol. The maximum atomic E-state index is 2.41. The fourth-order valence-electron chi connectivity index (χ4n) is 9.05. The van der Waals surface area contributed by atoms with E-state index < -0.39 is 0 Å². The molecule has 11 rings (SSSR count). The molecule has 0 atom stereocenters. The molecule has 0 radical (unpaired) electrons. The molecule has 11 aromatic carbocycles. The number of hydrogen-bond acceptors (Lipinski definition) is 1. The first-order chi connectivity index (χ1) is 29.3. The lowest BCUT2D eigenvalue weighted by Gasteiger charge is -2.27. The van der Waals surface area contributed by atoms with Gasteiger partial charge < -0.3 is 4.90 Å². The SMILES string of the molecule is c1ccc(-c2ccccc2-c2ccc(N(c3cccc(-c4cc5ccccc5c5ccccc45)c3)c3cccc(-c4cc5ccccc5c5ccccc45)c3)cc2)cc1. The highest BCUT2D eigenvalue weighted by molar-refractivity contribution is 6.15. The van der Waals surface area contributed by atoms with Gasteiger partial charge in [-0.1, -0.05) is 188 Å². The van der Waals surface area contributed by atoms with Gasteiger partial charge >= 0.3 is 0 Å². The van der Waals surface area contributed by atoms with Crippen molar-refractivity contribution < 1.29 is 0 Å². The van der Waals surface area contributed by atoms with Crippen LogP contribution >= 0.6 is 0 Å². The van der Waals surface area contributed by atoms with Crippen LogP contribution in [0, 0.1) is 0 Å². The van der Waals surface area contributed by atoms with E-state index in [9.17, 15) is 0 Å².